The Balaban J connectivity index is 2.40. The lowest BCUT2D eigenvalue weighted by molar-refractivity contribution is -0.132. The second kappa shape index (κ2) is 3.89. The maximum atomic E-state index is 11.2. The number of fused-ring (bicyclic) bond motifs is 3. The first-order valence-electron chi connectivity index (χ1n) is 5.80. The van der Waals surface area contributed by atoms with Crippen LogP contribution in [0.4, 0.5) is 0 Å². The molecule has 3 nitrogen and oxygen atoms in total. The molecule has 1 aliphatic carbocycles. The van der Waals surface area contributed by atoms with Crippen molar-refractivity contribution in [1.82, 2.24) is 4.57 Å². The third-order valence-corrected chi connectivity index (χ3v) is 4.00. The van der Waals surface area contributed by atoms with Crippen LogP contribution in [-0.4, -0.2) is 15.6 Å². The highest BCUT2D eigenvalue weighted by Crippen LogP contribution is 2.40. The predicted octanol–water partition coefficient (Wildman–Crippen LogP) is 3.16. The topological polar surface area (TPSA) is 42.2 Å². The minimum absolute atomic E-state index is 0.320. The fourth-order valence-electron chi connectivity index (χ4n) is 2.69. The van der Waals surface area contributed by atoms with Gasteiger partial charge < -0.3 is 9.67 Å². The summed E-state index contributed by atoms with van der Waals surface area (Å²) in [6.07, 6.45) is 1.21. The summed E-state index contributed by atoms with van der Waals surface area (Å²) in [4.78, 5) is 11.2. The molecule has 92 valence electrons. The third kappa shape index (κ3) is 1.40. The molecule has 0 aliphatic heterocycles. The zero-order valence-electron chi connectivity index (χ0n) is 9.90. The number of para-hydroxylation sites is 1. The van der Waals surface area contributed by atoms with Crippen LogP contribution in [0.2, 0.25) is 0 Å². The quantitative estimate of drug-likeness (QED) is 0.857. The first kappa shape index (κ1) is 11.4. The smallest absolute Gasteiger partial charge is 0.333 e. The summed E-state index contributed by atoms with van der Waals surface area (Å²) in [5, 5.41) is 10.6. The molecule has 0 amide bonds. The van der Waals surface area contributed by atoms with E-state index in [2.05, 4.69) is 4.57 Å². The molecule has 0 atom stereocenters. The highest BCUT2D eigenvalue weighted by atomic mass is 35.5. The molecule has 1 aliphatic rings. The van der Waals surface area contributed by atoms with Gasteiger partial charge in [0.2, 0.25) is 0 Å². The van der Waals surface area contributed by atoms with Crippen LogP contribution in [-0.2, 0) is 18.3 Å². The number of aryl methyl sites for hydroxylation is 1. The molecule has 1 heterocycles. The van der Waals surface area contributed by atoms with Gasteiger partial charge in [-0.25, -0.2) is 4.79 Å². The molecule has 0 fully saturated rings. The van der Waals surface area contributed by atoms with Crippen LogP contribution >= 0.6 is 11.6 Å². The molecule has 1 aromatic carbocycles. The summed E-state index contributed by atoms with van der Waals surface area (Å²) in [5.41, 5.74) is 3.41. The molecule has 1 N–H and O–H groups in total. The number of hydrogen-bond donors (Lipinski definition) is 1. The van der Waals surface area contributed by atoms with Gasteiger partial charge in [0, 0.05) is 29.2 Å². The Morgan fingerprint density at radius 2 is 2.06 bits per heavy atom. The highest BCUT2D eigenvalue weighted by Gasteiger charge is 2.26. The molecule has 2 aromatic rings. The van der Waals surface area contributed by atoms with Crippen LogP contribution in [0, 0.1) is 0 Å². The van der Waals surface area contributed by atoms with Gasteiger partial charge in [-0.05, 0) is 18.9 Å². The summed E-state index contributed by atoms with van der Waals surface area (Å²) >= 11 is 6.29. The Hall–Kier alpha value is -1.74. The number of carboxylic acids is 1. The maximum absolute atomic E-state index is 11.2. The summed E-state index contributed by atoms with van der Waals surface area (Å²) in [7, 11) is 2.00. The number of carboxylic acid groups (broad SMARTS) is 1. The van der Waals surface area contributed by atoms with Crippen molar-refractivity contribution >= 4 is 33.5 Å². The van der Waals surface area contributed by atoms with E-state index >= 15 is 0 Å². The largest absolute Gasteiger partial charge is 0.478 e. The Labute approximate surface area is 109 Å². The SMILES string of the molecule is Cn1c2c(c3ccccc31)C(Cl)=C(C(=O)O)CC2. The van der Waals surface area contributed by atoms with Gasteiger partial charge in [0.1, 0.15) is 0 Å². The zero-order valence-corrected chi connectivity index (χ0v) is 10.7. The van der Waals surface area contributed by atoms with Crippen molar-refractivity contribution in [2.45, 2.75) is 12.8 Å². The average molecular weight is 262 g/mol. The Kier molecular flexibility index (Phi) is 2.45. The van der Waals surface area contributed by atoms with Crippen molar-refractivity contribution in [1.29, 1.82) is 0 Å². The van der Waals surface area contributed by atoms with Crippen LogP contribution in [0.3, 0.4) is 0 Å². The van der Waals surface area contributed by atoms with E-state index in [1.165, 1.54) is 0 Å². The number of halogens is 1. The standard InChI is InChI=1S/C14H12ClNO2/c1-16-10-5-3-2-4-8(10)12-11(16)7-6-9(13(12)15)14(17)18/h2-5H,6-7H2,1H3,(H,17,18). The molecule has 4 heteroatoms. The molecular formula is C14H12ClNO2. The third-order valence-electron chi connectivity index (χ3n) is 3.58. The van der Waals surface area contributed by atoms with Crippen LogP contribution < -0.4 is 0 Å². The number of hydrogen-bond acceptors (Lipinski definition) is 1. The van der Waals surface area contributed by atoms with E-state index in [1.54, 1.807) is 0 Å². The molecule has 0 saturated heterocycles. The number of nitrogens with zero attached hydrogens (tertiary/aromatic N) is 1. The molecule has 0 bridgehead atoms. The second-order valence-corrected chi connectivity index (χ2v) is 4.87. The first-order chi connectivity index (χ1) is 8.61. The van der Waals surface area contributed by atoms with E-state index in [1.807, 2.05) is 31.3 Å². The monoisotopic (exact) mass is 261 g/mol. The minimum atomic E-state index is -0.918. The molecule has 1 aromatic heterocycles. The van der Waals surface area contributed by atoms with Crippen molar-refractivity contribution < 1.29 is 9.90 Å². The van der Waals surface area contributed by atoms with E-state index in [9.17, 15) is 4.79 Å². The van der Waals surface area contributed by atoms with Crippen LogP contribution in [0.25, 0.3) is 15.9 Å². The number of aliphatic carboxylic acids is 1. The lowest BCUT2D eigenvalue weighted by Crippen LogP contribution is -2.11. The Morgan fingerprint density at radius 1 is 1.33 bits per heavy atom. The molecule has 0 saturated carbocycles. The molecule has 0 spiro atoms. The molecular weight excluding hydrogens is 250 g/mol. The van der Waals surface area contributed by atoms with Gasteiger partial charge in [0.15, 0.2) is 0 Å². The summed E-state index contributed by atoms with van der Waals surface area (Å²) in [6.45, 7) is 0. The van der Waals surface area contributed by atoms with Crippen LogP contribution in [0.15, 0.2) is 29.8 Å². The van der Waals surface area contributed by atoms with Gasteiger partial charge in [-0.15, -0.1) is 0 Å². The van der Waals surface area contributed by atoms with Crippen molar-refractivity contribution in [3.05, 3.63) is 41.1 Å². The van der Waals surface area contributed by atoms with Crippen molar-refractivity contribution in [3.63, 3.8) is 0 Å². The second-order valence-electron chi connectivity index (χ2n) is 4.50. The average Bonchev–Trinajstić information content (AvgIpc) is 2.65. The Bertz CT molecular complexity index is 697. The first-order valence-corrected chi connectivity index (χ1v) is 6.17. The van der Waals surface area contributed by atoms with Gasteiger partial charge >= 0.3 is 5.97 Å². The van der Waals surface area contributed by atoms with E-state index in [4.69, 9.17) is 16.7 Å². The highest BCUT2D eigenvalue weighted by molar-refractivity contribution is 6.52. The minimum Gasteiger partial charge on any atom is -0.478 e. The van der Waals surface area contributed by atoms with Gasteiger partial charge in [0.25, 0.3) is 0 Å². The molecule has 0 radical (unpaired) electrons. The van der Waals surface area contributed by atoms with E-state index in [0.717, 1.165) is 28.6 Å². The van der Waals surface area contributed by atoms with E-state index < -0.39 is 5.97 Å². The predicted molar refractivity (Wildman–Crippen MR) is 71.6 cm³/mol. The number of carbonyl (C=O) groups is 1. The van der Waals surface area contributed by atoms with Gasteiger partial charge in [0.05, 0.1) is 10.6 Å². The molecule has 3 rings (SSSR count). The lowest BCUT2D eigenvalue weighted by atomic mass is 9.95. The summed E-state index contributed by atoms with van der Waals surface area (Å²) in [6, 6.07) is 7.94. The zero-order chi connectivity index (χ0) is 12.9. The Morgan fingerprint density at radius 3 is 2.78 bits per heavy atom. The van der Waals surface area contributed by atoms with Gasteiger partial charge in [-0.2, -0.15) is 0 Å². The fraction of sp³-hybridized carbons (Fsp3) is 0.214. The van der Waals surface area contributed by atoms with E-state index in [0.29, 0.717) is 17.0 Å². The van der Waals surface area contributed by atoms with Gasteiger partial charge in [-0.1, -0.05) is 29.8 Å². The van der Waals surface area contributed by atoms with Gasteiger partial charge in [-0.3, -0.25) is 0 Å². The van der Waals surface area contributed by atoms with Crippen molar-refractivity contribution in [3.8, 4) is 0 Å². The number of rotatable bonds is 1. The van der Waals surface area contributed by atoms with E-state index in [-0.39, 0.29) is 0 Å². The maximum Gasteiger partial charge on any atom is 0.333 e. The number of benzene rings is 1. The lowest BCUT2D eigenvalue weighted by Gasteiger charge is -2.15. The van der Waals surface area contributed by atoms with Crippen LogP contribution in [0.1, 0.15) is 17.7 Å². The fourth-order valence-corrected chi connectivity index (χ4v) is 3.07. The summed E-state index contributed by atoms with van der Waals surface area (Å²) < 4.78 is 2.10. The molecule has 0 unspecified atom stereocenters. The summed E-state index contributed by atoms with van der Waals surface area (Å²) in [5.74, 6) is -0.918. The number of aromatic nitrogens is 1. The van der Waals surface area contributed by atoms with Crippen molar-refractivity contribution in [2.75, 3.05) is 0 Å². The van der Waals surface area contributed by atoms with Crippen LogP contribution in [0.5, 0.6) is 0 Å². The normalized spacial score (nSPS) is 15.0. The molecule has 18 heavy (non-hydrogen) atoms. The van der Waals surface area contributed by atoms with Crippen molar-refractivity contribution in [2.24, 2.45) is 7.05 Å².